The molecule has 0 amide bonds. The molecule has 186 valence electrons. The minimum atomic E-state index is -1.06. The molecule has 0 bridgehead atoms. The minimum absolute atomic E-state index is 0.0300. The first-order valence-electron chi connectivity index (χ1n) is 11.5. The molecule has 0 saturated carbocycles. The molecule has 4 rings (SSSR count). The van der Waals surface area contributed by atoms with Crippen molar-refractivity contribution in [1.29, 1.82) is 0 Å². The van der Waals surface area contributed by atoms with E-state index in [4.69, 9.17) is 9.15 Å². The third-order valence-corrected chi connectivity index (χ3v) is 5.74. The lowest BCUT2D eigenvalue weighted by Crippen LogP contribution is -2.38. The quantitative estimate of drug-likeness (QED) is 0.294. The van der Waals surface area contributed by atoms with Gasteiger partial charge in [-0.1, -0.05) is 36.4 Å². The predicted molar refractivity (Wildman–Crippen MR) is 131 cm³/mol. The zero-order valence-corrected chi connectivity index (χ0v) is 19.7. The lowest BCUT2D eigenvalue weighted by Gasteiger charge is -2.15. The molecule has 1 unspecified atom stereocenters. The number of halogens is 2. The molecule has 0 aliphatic heterocycles. The molecule has 6 nitrogen and oxygen atoms in total. The fourth-order valence-corrected chi connectivity index (χ4v) is 3.73. The van der Waals surface area contributed by atoms with Gasteiger partial charge in [-0.05, 0) is 49.2 Å². The molecular weight excluding hydrogens is 466 g/mol. The van der Waals surface area contributed by atoms with Crippen LogP contribution in [-0.4, -0.2) is 28.7 Å². The number of aliphatic carboxylic acids is 1. The van der Waals surface area contributed by atoms with Gasteiger partial charge in [-0.25, -0.2) is 13.8 Å². The molecule has 4 aromatic rings. The van der Waals surface area contributed by atoms with Crippen molar-refractivity contribution in [2.75, 3.05) is 6.61 Å². The van der Waals surface area contributed by atoms with Crippen LogP contribution in [-0.2, 0) is 24.2 Å². The Bertz CT molecular complexity index is 1310. The van der Waals surface area contributed by atoms with Crippen LogP contribution in [0.5, 0.6) is 5.75 Å². The summed E-state index contributed by atoms with van der Waals surface area (Å²) in [6.45, 7) is 2.25. The van der Waals surface area contributed by atoms with E-state index in [1.807, 2.05) is 37.3 Å². The molecule has 0 fully saturated rings. The van der Waals surface area contributed by atoms with Gasteiger partial charge in [0.1, 0.15) is 29.2 Å². The van der Waals surface area contributed by atoms with Crippen LogP contribution >= 0.6 is 0 Å². The van der Waals surface area contributed by atoms with E-state index in [0.29, 0.717) is 24.7 Å². The van der Waals surface area contributed by atoms with Gasteiger partial charge < -0.3 is 14.3 Å². The van der Waals surface area contributed by atoms with Crippen LogP contribution in [0.25, 0.3) is 11.5 Å². The maximum atomic E-state index is 13.8. The minimum Gasteiger partial charge on any atom is -0.493 e. The first kappa shape index (κ1) is 25.1. The number of carbonyl (C=O) groups is 1. The number of nitrogens with one attached hydrogen (secondary N) is 1. The molecule has 1 heterocycles. The average Bonchev–Trinajstić information content (AvgIpc) is 3.24. The molecule has 1 atom stereocenters. The van der Waals surface area contributed by atoms with Crippen LogP contribution in [0, 0.1) is 18.6 Å². The van der Waals surface area contributed by atoms with E-state index in [1.54, 1.807) is 24.3 Å². The first-order chi connectivity index (χ1) is 17.4. The van der Waals surface area contributed by atoms with Crippen LogP contribution in [0.2, 0.25) is 0 Å². The lowest BCUT2D eigenvalue weighted by molar-refractivity contribution is -0.139. The molecule has 3 aromatic carbocycles. The highest BCUT2D eigenvalue weighted by Gasteiger charge is 2.18. The number of hydrogen-bond donors (Lipinski definition) is 2. The summed E-state index contributed by atoms with van der Waals surface area (Å²) in [7, 11) is 0. The van der Waals surface area contributed by atoms with Gasteiger partial charge >= 0.3 is 5.97 Å². The van der Waals surface area contributed by atoms with Gasteiger partial charge in [0, 0.05) is 30.2 Å². The highest BCUT2D eigenvalue weighted by atomic mass is 19.1. The van der Waals surface area contributed by atoms with E-state index >= 15 is 0 Å². The van der Waals surface area contributed by atoms with Crippen molar-refractivity contribution in [2.45, 2.75) is 32.4 Å². The standard InChI is InChI=1S/C28H26F2N2O4/c1-18-25(32-27(36-18)20-5-3-2-4-6-20)13-14-35-23-11-7-19(8-12-23)15-26(28(33)34)31-17-21-9-10-22(29)16-24(21)30/h2-12,16,26,31H,13-15,17H2,1H3,(H,33,34). The highest BCUT2D eigenvalue weighted by molar-refractivity contribution is 5.74. The van der Waals surface area contributed by atoms with Crippen molar-refractivity contribution < 1.29 is 27.8 Å². The monoisotopic (exact) mass is 492 g/mol. The van der Waals surface area contributed by atoms with E-state index in [0.717, 1.165) is 34.7 Å². The number of benzene rings is 3. The third kappa shape index (κ3) is 6.55. The Morgan fingerprint density at radius 2 is 1.83 bits per heavy atom. The number of aromatic nitrogens is 1. The van der Waals surface area contributed by atoms with Gasteiger partial charge in [-0.2, -0.15) is 0 Å². The number of ether oxygens (including phenoxy) is 1. The first-order valence-corrected chi connectivity index (χ1v) is 11.5. The van der Waals surface area contributed by atoms with Gasteiger partial charge in [0.25, 0.3) is 0 Å². The number of oxazole rings is 1. The zero-order valence-electron chi connectivity index (χ0n) is 19.7. The summed E-state index contributed by atoms with van der Waals surface area (Å²) in [5.41, 5.74) is 2.73. The molecule has 0 spiro atoms. The lowest BCUT2D eigenvalue weighted by atomic mass is 10.1. The summed E-state index contributed by atoms with van der Waals surface area (Å²) in [5.74, 6) is -0.476. The molecule has 0 radical (unpaired) electrons. The summed E-state index contributed by atoms with van der Waals surface area (Å²) in [5, 5.41) is 12.4. The summed E-state index contributed by atoms with van der Waals surface area (Å²) in [6, 6.07) is 19.1. The zero-order chi connectivity index (χ0) is 25.5. The van der Waals surface area contributed by atoms with Crippen molar-refractivity contribution >= 4 is 5.97 Å². The van der Waals surface area contributed by atoms with E-state index in [1.165, 1.54) is 6.07 Å². The topological polar surface area (TPSA) is 84.6 Å². The van der Waals surface area contributed by atoms with Crippen LogP contribution < -0.4 is 10.1 Å². The van der Waals surface area contributed by atoms with Crippen LogP contribution in [0.4, 0.5) is 8.78 Å². The molecule has 0 aliphatic carbocycles. The Morgan fingerprint density at radius 1 is 1.08 bits per heavy atom. The van der Waals surface area contributed by atoms with Gasteiger partial charge in [-0.15, -0.1) is 0 Å². The summed E-state index contributed by atoms with van der Waals surface area (Å²) < 4.78 is 38.5. The molecule has 8 heteroatoms. The number of aryl methyl sites for hydroxylation is 1. The van der Waals surface area contributed by atoms with Crippen molar-refractivity contribution in [3.63, 3.8) is 0 Å². The van der Waals surface area contributed by atoms with Crippen LogP contribution in [0.1, 0.15) is 22.6 Å². The van der Waals surface area contributed by atoms with Crippen LogP contribution in [0.15, 0.2) is 77.2 Å². The smallest absolute Gasteiger partial charge is 0.321 e. The van der Waals surface area contributed by atoms with Gasteiger partial charge in [0.2, 0.25) is 5.89 Å². The number of nitrogens with zero attached hydrogens (tertiary/aromatic N) is 1. The molecule has 1 aromatic heterocycles. The Kier molecular flexibility index (Phi) is 8.07. The number of hydrogen-bond acceptors (Lipinski definition) is 5. The Balaban J connectivity index is 1.29. The van der Waals surface area contributed by atoms with E-state index in [9.17, 15) is 18.7 Å². The molecular formula is C28H26F2N2O4. The van der Waals surface area contributed by atoms with Crippen molar-refractivity contribution in [3.05, 3.63) is 107 Å². The maximum Gasteiger partial charge on any atom is 0.321 e. The Morgan fingerprint density at radius 3 is 2.53 bits per heavy atom. The predicted octanol–water partition coefficient (Wildman–Crippen LogP) is 5.34. The third-order valence-electron chi connectivity index (χ3n) is 5.74. The van der Waals surface area contributed by atoms with Crippen LogP contribution in [0.3, 0.4) is 0 Å². The summed E-state index contributed by atoms with van der Waals surface area (Å²) in [4.78, 5) is 16.2. The van der Waals surface area contributed by atoms with Gasteiger partial charge in [-0.3, -0.25) is 10.1 Å². The molecule has 36 heavy (non-hydrogen) atoms. The molecule has 2 N–H and O–H groups in total. The second-order valence-corrected chi connectivity index (χ2v) is 8.34. The SMILES string of the molecule is Cc1oc(-c2ccccc2)nc1CCOc1ccc(CC(NCc2ccc(F)cc2F)C(=O)O)cc1. The molecule has 0 saturated heterocycles. The second kappa shape index (κ2) is 11.6. The second-order valence-electron chi connectivity index (χ2n) is 8.34. The van der Waals surface area contributed by atoms with Crippen molar-refractivity contribution in [3.8, 4) is 17.2 Å². The number of rotatable bonds is 11. The number of carboxylic acids is 1. The van der Waals surface area contributed by atoms with Crippen molar-refractivity contribution in [2.24, 2.45) is 0 Å². The van der Waals surface area contributed by atoms with Crippen molar-refractivity contribution in [1.82, 2.24) is 10.3 Å². The van der Waals surface area contributed by atoms with E-state index in [2.05, 4.69) is 10.3 Å². The fourth-order valence-electron chi connectivity index (χ4n) is 3.73. The maximum absolute atomic E-state index is 13.8. The highest BCUT2D eigenvalue weighted by Crippen LogP contribution is 2.22. The van der Waals surface area contributed by atoms with E-state index < -0.39 is 23.6 Å². The fraction of sp³-hybridized carbons (Fsp3) is 0.214. The number of carboxylic acid groups (broad SMARTS) is 1. The van der Waals surface area contributed by atoms with E-state index in [-0.39, 0.29) is 18.5 Å². The van der Waals surface area contributed by atoms with Gasteiger partial charge in [0.05, 0.1) is 12.3 Å². The average molecular weight is 493 g/mol. The summed E-state index contributed by atoms with van der Waals surface area (Å²) >= 11 is 0. The normalized spacial score (nSPS) is 11.9. The Hall–Kier alpha value is -4.04. The summed E-state index contributed by atoms with van der Waals surface area (Å²) in [6.07, 6.45) is 0.772. The largest absolute Gasteiger partial charge is 0.493 e. The molecule has 0 aliphatic rings. The van der Waals surface area contributed by atoms with Gasteiger partial charge in [0.15, 0.2) is 0 Å². The Labute approximate surface area is 207 Å².